The van der Waals surface area contributed by atoms with Gasteiger partial charge < -0.3 is 10.2 Å². The van der Waals surface area contributed by atoms with Gasteiger partial charge in [-0.2, -0.15) is 11.8 Å². The minimum Gasteiger partial charge on any atom is -0.355 e. The Balaban J connectivity index is 1.55. The van der Waals surface area contributed by atoms with Crippen LogP contribution in [0.2, 0.25) is 5.02 Å². The van der Waals surface area contributed by atoms with Gasteiger partial charge in [-0.05, 0) is 50.5 Å². The van der Waals surface area contributed by atoms with Crippen molar-refractivity contribution < 1.29 is 4.79 Å². The molecular formula is C17H25ClN2OS. The number of thioether (sulfide) groups is 1. The molecule has 0 radical (unpaired) electrons. The van der Waals surface area contributed by atoms with E-state index in [0.29, 0.717) is 12.3 Å². The van der Waals surface area contributed by atoms with Crippen molar-refractivity contribution in [3.05, 3.63) is 34.9 Å². The molecule has 1 fully saturated rings. The Morgan fingerprint density at radius 1 is 1.36 bits per heavy atom. The quantitative estimate of drug-likeness (QED) is 0.772. The van der Waals surface area contributed by atoms with E-state index in [1.54, 1.807) is 11.8 Å². The fraction of sp³-hybridized carbons (Fsp3) is 0.588. The molecule has 1 aliphatic heterocycles. The first-order valence-electron chi connectivity index (χ1n) is 7.91. The first-order valence-corrected chi connectivity index (χ1v) is 9.45. The predicted octanol–water partition coefficient (Wildman–Crippen LogP) is 3.42. The number of rotatable bonds is 7. The number of hydrogen-bond donors (Lipinski definition) is 1. The summed E-state index contributed by atoms with van der Waals surface area (Å²) in [5.41, 5.74) is 1.16. The third kappa shape index (κ3) is 6.19. The standard InChI is InChI=1S/C17H25ClN2OS/c1-20-9-6-14(7-10-20)12-17(21)19-8-11-22-13-15-4-2-3-5-16(15)18/h2-5,14H,6-13H2,1H3,(H,19,21). The smallest absolute Gasteiger partial charge is 0.220 e. The van der Waals surface area contributed by atoms with Gasteiger partial charge in [0, 0.05) is 29.5 Å². The van der Waals surface area contributed by atoms with Crippen LogP contribution < -0.4 is 5.32 Å². The van der Waals surface area contributed by atoms with E-state index in [4.69, 9.17) is 11.6 Å². The maximum Gasteiger partial charge on any atom is 0.220 e. The first kappa shape index (κ1) is 17.6. The molecule has 1 amide bonds. The largest absolute Gasteiger partial charge is 0.355 e. The van der Waals surface area contributed by atoms with Crippen LogP contribution in [0.1, 0.15) is 24.8 Å². The van der Waals surface area contributed by atoms with Crippen molar-refractivity contribution in [3.8, 4) is 0 Å². The lowest BCUT2D eigenvalue weighted by Gasteiger charge is -2.28. The maximum absolute atomic E-state index is 11.9. The van der Waals surface area contributed by atoms with E-state index in [9.17, 15) is 4.79 Å². The number of amides is 1. The van der Waals surface area contributed by atoms with Crippen molar-refractivity contribution >= 4 is 29.3 Å². The lowest BCUT2D eigenvalue weighted by atomic mass is 9.93. The van der Waals surface area contributed by atoms with Gasteiger partial charge in [0.1, 0.15) is 0 Å². The Kier molecular flexibility index (Phi) is 7.56. The molecule has 5 heteroatoms. The highest BCUT2D eigenvalue weighted by Crippen LogP contribution is 2.21. The van der Waals surface area contributed by atoms with Crippen LogP contribution in [-0.2, 0) is 10.5 Å². The fourth-order valence-electron chi connectivity index (χ4n) is 2.66. The lowest BCUT2D eigenvalue weighted by molar-refractivity contribution is -0.122. The van der Waals surface area contributed by atoms with Gasteiger partial charge in [0.2, 0.25) is 5.91 Å². The summed E-state index contributed by atoms with van der Waals surface area (Å²) in [4.78, 5) is 14.3. The minimum absolute atomic E-state index is 0.202. The van der Waals surface area contributed by atoms with Crippen LogP contribution >= 0.6 is 23.4 Å². The second kappa shape index (κ2) is 9.43. The van der Waals surface area contributed by atoms with Gasteiger partial charge in [0.25, 0.3) is 0 Å². The van der Waals surface area contributed by atoms with E-state index in [2.05, 4.69) is 17.3 Å². The molecule has 3 nitrogen and oxygen atoms in total. The molecule has 122 valence electrons. The molecule has 0 spiro atoms. The van der Waals surface area contributed by atoms with Crippen LogP contribution in [0.15, 0.2) is 24.3 Å². The number of hydrogen-bond acceptors (Lipinski definition) is 3. The van der Waals surface area contributed by atoms with Gasteiger partial charge >= 0.3 is 0 Å². The molecule has 0 aliphatic carbocycles. The van der Waals surface area contributed by atoms with Crippen LogP contribution in [0.25, 0.3) is 0 Å². The summed E-state index contributed by atoms with van der Waals surface area (Å²) in [7, 11) is 2.15. The third-order valence-electron chi connectivity index (χ3n) is 4.10. The summed E-state index contributed by atoms with van der Waals surface area (Å²) in [5, 5.41) is 3.86. The highest BCUT2D eigenvalue weighted by molar-refractivity contribution is 7.98. The van der Waals surface area contributed by atoms with Crippen molar-refractivity contribution in [1.82, 2.24) is 10.2 Å². The monoisotopic (exact) mass is 340 g/mol. The number of carbonyl (C=O) groups is 1. The SMILES string of the molecule is CN1CCC(CC(=O)NCCSCc2ccccc2Cl)CC1. The van der Waals surface area contributed by atoms with Crippen LogP contribution in [-0.4, -0.2) is 43.2 Å². The third-order valence-corrected chi connectivity index (χ3v) is 5.47. The van der Waals surface area contributed by atoms with Gasteiger partial charge in [0.15, 0.2) is 0 Å². The van der Waals surface area contributed by atoms with E-state index in [-0.39, 0.29) is 5.91 Å². The van der Waals surface area contributed by atoms with E-state index in [1.807, 2.05) is 24.3 Å². The Bertz CT molecular complexity index is 475. The molecule has 1 aliphatic rings. The zero-order valence-electron chi connectivity index (χ0n) is 13.2. The first-order chi connectivity index (χ1) is 10.6. The molecule has 1 aromatic carbocycles. The van der Waals surface area contributed by atoms with Crippen molar-refractivity contribution in [2.24, 2.45) is 5.92 Å². The molecule has 1 aromatic rings. The Morgan fingerprint density at radius 2 is 2.09 bits per heavy atom. The molecule has 1 N–H and O–H groups in total. The summed E-state index contributed by atoms with van der Waals surface area (Å²) in [6, 6.07) is 7.92. The van der Waals surface area contributed by atoms with E-state index in [1.165, 1.54) is 0 Å². The number of piperidine rings is 1. The van der Waals surface area contributed by atoms with Gasteiger partial charge in [0.05, 0.1) is 0 Å². The highest BCUT2D eigenvalue weighted by Gasteiger charge is 2.19. The van der Waals surface area contributed by atoms with Gasteiger partial charge in [-0.1, -0.05) is 29.8 Å². The van der Waals surface area contributed by atoms with Gasteiger partial charge in [-0.3, -0.25) is 4.79 Å². The van der Waals surface area contributed by atoms with Crippen molar-refractivity contribution in [1.29, 1.82) is 0 Å². The summed E-state index contributed by atoms with van der Waals surface area (Å²) < 4.78 is 0. The number of halogens is 1. The number of nitrogens with zero attached hydrogens (tertiary/aromatic N) is 1. The second-order valence-corrected chi connectivity index (χ2v) is 7.46. The normalized spacial score (nSPS) is 16.6. The van der Waals surface area contributed by atoms with Gasteiger partial charge in [-0.15, -0.1) is 0 Å². The predicted molar refractivity (Wildman–Crippen MR) is 95.5 cm³/mol. The summed E-state index contributed by atoms with van der Waals surface area (Å²) in [6.07, 6.45) is 2.97. The Hall–Kier alpha value is -0.710. The van der Waals surface area contributed by atoms with Crippen LogP contribution in [0.3, 0.4) is 0 Å². The topological polar surface area (TPSA) is 32.3 Å². The van der Waals surface area contributed by atoms with Crippen LogP contribution in [0.4, 0.5) is 0 Å². The van der Waals surface area contributed by atoms with Crippen molar-refractivity contribution in [3.63, 3.8) is 0 Å². The molecule has 22 heavy (non-hydrogen) atoms. The van der Waals surface area contributed by atoms with Crippen molar-refractivity contribution in [2.75, 3.05) is 32.4 Å². The molecule has 0 saturated carbocycles. The lowest BCUT2D eigenvalue weighted by Crippen LogP contribution is -2.34. The molecule has 0 aromatic heterocycles. The summed E-state index contributed by atoms with van der Waals surface area (Å²) in [6.45, 7) is 2.97. The van der Waals surface area contributed by atoms with Gasteiger partial charge in [-0.25, -0.2) is 0 Å². The average Bonchev–Trinajstić information content (AvgIpc) is 2.51. The molecule has 1 heterocycles. The molecular weight excluding hydrogens is 316 g/mol. The molecule has 2 rings (SSSR count). The van der Waals surface area contributed by atoms with E-state index >= 15 is 0 Å². The molecule has 1 saturated heterocycles. The second-order valence-electron chi connectivity index (χ2n) is 5.94. The minimum atomic E-state index is 0.202. The van der Waals surface area contributed by atoms with Crippen LogP contribution in [0.5, 0.6) is 0 Å². The van der Waals surface area contributed by atoms with Crippen molar-refractivity contribution in [2.45, 2.75) is 25.0 Å². The number of nitrogens with one attached hydrogen (secondary N) is 1. The molecule has 0 atom stereocenters. The molecule has 0 bridgehead atoms. The number of carbonyl (C=O) groups excluding carboxylic acids is 1. The number of likely N-dealkylation sites (tertiary alicyclic amines) is 1. The average molecular weight is 341 g/mol. The Labute approximate surface area is 142 Å². The maximum atomic E-state index is 11.9. The Morgan fingerprint density at radius 3 is 2.82 bits per heavy atom. The fourth-order valence-corrected chi connectivity index (χ4v) is 3.80. The van der Waals surface area contributed by atoms with E-state index < -0.39 is 0 Å². The number of benzene rings is 1. The highest BCUT2D eigenvalue weighted by atomic mass is 35.5. The van der Waals surface area contributed by atoms with E-state index in [0.717, 1.165) is 54.6 Å². The van der Waals surface area contributed by atoms with Crippen LogP contribution in [0, 0.1) is 5.92 Å². The summed E-state index contributed by atoms with van der Waals surface area (Å²) >= 11 is 7.92. The zero-order chi connectivity index (χ0) is 15.8. The summed E-state index contributed by atoms with van der Waals surface area (Å²) in [5.74, 6) is 2.58. The molecule has 0 unspecified atom stereocenters. The zero-order valence-corrected chi connectivity index (χ0v) is 14.8.